The molecule has 21 heavy (non-hydrogen) atoms. The van der Waals surface area contributed by atoms with Crippen LogP contribution < -0.4 is 0 Å². The van der Waals surface area contributed by atoms with Gasteiger partial charge in [-0.05, 0) is 46.0 Å². The molecule has 1 unspecified atom stereocenters. The van der Waals surface area contributed by atoms with Gasteiger partial charge in [-0.2, -0.15) is 0 Å². The minimum atomic E-state index is 0.363. The second kappa shape index (κ2) is 4.85. The largest absolute Gasteiger partial charge is 0.0720 e. The number of benzene rings is 3. The molecule has 1 atom stereocenters. The predicted molar refractivity (Wildman–Crippen MR) is 93.7 cm³/mol. The zero-order valence-electron chi connectivity index (χ0n) is 11.8. The van der Waals surface area contributed by atoms with E-state index < -0.39 is 0 Å². The van der Waals surface area contributed by atoms with Gasteiger partial charge in [-0.3, -0.25) is 0 Å². The molecule has 0 N–H and O–H groups in total. The SMILES string of the molecule is Cc1cc2c(cc1Br)C(c1ccc3ccccc3c1)C=C2. The first-order valence-corrected chi connectivity index (χ1v) is 7.98. The van der Waals surface area contributed by atoms with Gasteiger partial charge in [0, 0.05) is 10.4 Å². The first-order valence-electron chi connectivity index (χ1n) is 7.19. The van der Waals surface area contributed by atoms with Crippen molar-refractivity contribution >= 4 is 32.8 Å². The van der Waals surface area contributed by atoms with Crippen LogP contribution in [0.3, 0.4) is 0 Å². The summed E-state index contributed by atoms with van der Waals surface area (Å²) in [6.07, 6.45) is 4.55. The lowest BCUT2D eigenvalue weighted by Crippen LogP contribution is -1.96. The van der Waals surface area contributed by atoms with Crippen molar-refractivity contribution in [2.45, 2.75) is 12.8 Å². The van der Waals surface area contributed by atoms with E-state index in [1.54, 1.807) is 0 Å². The highest BCUT2D eigenvalue weighted by Gasteiger charge is 2.20. The average Bonchev–Trinajstić information content (AvgIpc) is 2.90. The number of hydrogen-bond donors (Lipinski definition) is 0. The molecule has 0 radical (unpaired) electrons. The monoisotopic (exact) mass is 334 g/mol. The molecule has 1 heteroatoms. The zero-order chi connectivity index (χ0) is 14.4. The molecule has 1 aliphatic carbocycles. The van der Waals surface area contributed by atoms with E-state index in [1.807, 2.05) is 0 Å². The Labute approximate surface area is 133 Å². The first kappa shape index (κ1) is 12.8. The third-order valence-electron chi connectivity index (χ3n) is 4.30. The molecule has 102 valence electrons. The van der Waals surface area contributed by atoms with Crippen molar-refractivity contribution in [1.82, 2.24) is 0 Å². The molecule has 0 aliphatic heterocycles. The molecule has 0 amide bonds. The molecule has 0 aromatic heterocycles. The van der Waals surface area contributed by atoms with Crippen LogP contribution in [0.15, 0.2) is 65.1 Å². The predicted octanol–water partition coefficient (Wildman–Crippen LogP) is 6.07. The van der Waals surface area contributed by atoms with E-state index in [4.69, 9.17) is 0 Å². The molecule has 0 spiro atoms. The van der Waals surface area contributed by atoms with Crippen molar-refractivity contribution in [3.05, 3.63) is 87.4 Å². The van der Waals surface area contributed by atoms with Gasteiger partial charge in [0.25, 0.3) is 0 Å². The van der Waals surface area contributed by atoms with Crippen LogP contribution in [-0.4, -0.2) is 0 Å². The number of fused-ring (bicyclic) bond motifs is 2. The summed E-state index contributed by atoms with van der Waals surface area (Å²) in [4.78, 5) is 0. The van der Waals surface area contributed by atoms with E-state index in [2.05, 4.69) is 89.6 Å². The maximum Gasteiger partial charge on any atom is 0.0279 e. The molecule has 3 aromatic carbocycles. The van der Waals surface area contributed by atoms with Crippen LogP contribution in [0.25, 0.3) is 16.8 Å². The van der Waals surface area contributed by atoms with E-state index in [9.17, 15) is 0 Å². The van der Waals surface area contributed by atoms with Crippen LogP contribution in [0, 0.1) is 6.92 Å². The Morgan fingerprint density at radius 3 is 2.57 bits per heavy atom. The van der Waals surface area contributed by atoms with Gasteiger partial charge in [-0.25, -0.2) is 0 Å². The van der Waals surface area contributed by atoms with Gasteiger partial charge in [0.1, 0.15) is 0 Å². The maximum atomic E-state index is 3.66. The van der Waals surface area contributed by atoms with Crippen molar-refractivity contribution in [3.63, 3.8) is 0 Å². The van der Waals surface area contributed by atoms with Crippen LogP contribution in [-0.2, 0) is 0 Å². The van der Waals surface area contributed by atoms with Crippen molar-refractivity contribution in [2.24, 2.45) is 0 Å². The molecule has 0 nitrogen and oxygen atoms in total. The normalized spacial score (nSPS) is 16.4. The Morgan fingerprint density at radius 2 is 1.71 bits per heavy atom. The topological polar surface area (TPSA) is 0 Å². The van der Waals surface area contributed by atoms with Crippen molar-refractivity contribution < 1.29 is 0 Å². The third kappa shape index (κ3) is 2.13. The van der Waals surface area contributed by atoms with Gasteiger partial charge in [-0.15, -0.1) is 0 Å². The Bertz CT molecular complexity index is 874. The second-order valence-corrected chi connectivity index (χ2v) is 6.53. The van der Waals surface area contributed by atoms with Gasteiger partial charge < -0.3 is 0 Å². The highest BCUT2D eigenvalue weighted by molar-refractivity contribution is 9.10. The summed E-state index contributed by atoms with van der Waals surface area (Å²) in [7, 11) is 0. The Morgan fingerprint density at radius 1 is 0.905 bits per heavy atom. The molecule has 0 bridgehead atoms. The fraction of sp³-hybridized carbons (Fsp3) is 0.100. The number of allylic oxidation sites excluding steroid dienone is 1. The van der Waals surface area contributed by atoms with Crippen LogP contribution >= 0.6 is 15.9 Å². The summed E-state index contributed by atoms with van der Waals surface area (Å²) in [5.74, 6) is 0.363. The van der Waals surface area contributed by atoms with Crippen LogP contribution in [0.4, 0.5) is 0 Å². The Hall–Kier alpha value is -1.86. The number of rotatable bonds is 1. The Balaban J connectivity index is 1.85. The average molecular weight is 335 g/mol. The fourth-order valence-corrected chi connectivity index (χ4v) is 3.49. The molecule has 4 rings (SSSR count). The molecule has 0 saturated carbocycles. The van der Waals surface area contributed by atoms with Gasteiger partial charge in [0.2, 0.25) is 0 Å². The van der Waals surface area contributed by atoms with Gasteiger partial charge in [0.15, 0.2) is 0 Å². The number of hydrogen-bond acceptors (Lipinski definition) is 0. The second-order valence-electron chi connectivity index (χ2n) is 5.67. The standard InChI is InChI=1S/C20H15Br/c1-13-10-16-8-9-18(19(16)12-20(13)21)17-7-6-14-4-2-3-5-15(14)11-17/h2-12,18H,1H3. The summed E-state index contributed by atoms with van der Waals surface area (Å²) < 4.78 is 1.19. The number of halogens is 1. The lowest BCUT2D eigenvalue weighted by atomic mass is 9.91. The summed E-state index contributed by atoms with van der Waals surface area (Å²) >= 11 is 3.66. The minimum absolute atomic E-state index is 0.363. The molecule has 1 aliphatic rings. The van der Waals surface area contributed by atoms with E-state index in [0.717, 1.165) is 0 Å². The van der Waals surface area contributed by atoms with Crippen molar-refractivity contribution in [2.75, 3.05) is 0 Å². The lowest BCUT2D eigenvalue weighted by molar-refractivity contribution is 1.05. The summed E-state index contributed by atoms with van der Waals surface area (Å²) in [6, 6.07) is 19.9. The molecule has 0 heterocycles. The van der Waals surface area contributed by atoms with Crippen LogP contribution in [0.1, 0.15) is 28.2 Å². The number of aryl methyl sites for hydroxylation is 1. The molecule has 3 aromatic rings. The highest BCUT2D eigenvalue weighted by atomic mass is 79.9. The quantitative estimate of drug-likeness (QED) is 0.506. The maximum absolute atomic E-state index is 3.66. The Kier molecular flexibility index (Phi) is 2.97. The summed E-state index contributed by atoms with van der Waals surface area (Å²) in [5.41, 5.74) is 5.38. The first-order chi connectivity index (χ1) is 10.2. The van der Waals surface area contributed by atoms with Gasteiger partial charge >= 0.3 is 0 Å². The summed E-state index contributed by atoms with van der Waals surface area (Å²) in [5, 5.41) is 2.61. The van der Waals surface area contributed by atoms with Gasteiger partial charge in [-0.1, -0.05) is 76.6 Å². The molecule has 0 saturated heterocycles. The third-order valence-corrected chi connectivity index (χ3v) is 5.15. The van der Waals surface area contributed by atoms with Crippen LogP contribution in [0.2, 0.25) is 0 Å². The van der Waals surface area contributed by atoms with E-state index in [-0.39, 0.29) is 0 Å². The van der Waals surface area contributed by atoms with Crippen LogP contribution in [0.5, 0.6) is 0 Å². The fourth-order valence-electron chi connectivity index (χ4n) is 3.13. The van der Waals surface area contributed by atoms with E-state index in [0.29, 0.717) is 5.92 Å². The smallest absolute Gasteiger partial charge is 0.0279 e. The van der Waals surface area contributed by atoms with Crippen molar-refractivity contribution in [3.8, 4) is 0 Å². The van der Waals surface area contributed by atoms with Gasteiger partial charge in [0.05, 0.1) is 0 Å². The molecular weight excluding hydrogens is 320 g/mol. The minimum Gasteiger partial charge on any atom is -0.0720 e. The highest BCUT2D eigenvalue weighted by Crippen LogP contribution is 2.38. The molecule has 0 fully saturated rings. The lowest BCUT2D eigenvalue weighted by Gasteiger charge is -2.14. The van der Waals surface area contributed by atoms with E-state index in [1.165, 1.54) is 37.5 Å². The zero-order valence-corrected chi connectivity index (χ0v) is 13.4. The van der Waals surface area contributed by atoms with E-state index >= 15 is 0 Å². The molecular formula is C20H15Br. The van der Waals surface area contributed by atoms with Crippen molar-refractivity contribution in [1.29, 1.82) is 0 Å². The summed E-state index contributed by atoms with van der Waals surface area (Å²) in [6.45, 7) is 2.14.